The third kappa shape index (κ3) is 4.44. The predicted molar refractivity (Wildman–Crippen MR) is 92.0 cm³/mol. The number of nitrogens with zero attached hydrogens (tertiary/aromatic N) is 1. The molecule has 0 spiro atoms. The molecule has 21 heavy (non-hydrogen) atoms. The summed E-state index contributed by atoms with van der Waals surface area (Å²) in [4.78, 5) is 2.59. The first kappa shape index (κ1) is 16.8. The van der Waals surface area contributed by atoms with Crippen molar-refractivity contribution < 1.29 is 4.74 Å². The van der Waals surface area contributed by atoms with Gasteiger partial charge < -0.3 is 10.1 Å². The van der Waals surface area contributed by atoms with E-state index in [1.54, 1.807) is 0 Å². The second-order valence-electron chi connectivity index (χ2n) is 6.09. The molecule has 2 unspecified atom stereocenters. The number of piperazine rings is 1. The molecule has 0 radical (unpaired) electrons. The first-order chi connectivity index (χ1) is 10.1. The summed E-state index contributed by atoms with van der Waals surface area (Å²) in [5.74, 6) is 0.935. The van der Waals surface area contributed by atoms with Gasteiger partial charge >= 0.3 is 0 Å². The molecule has 1 aliphatic heterocycles. The molecule has 1 saturated heterocycles. The molecule has 0 bridgehead atoms. The summed E-state index contributed by atoms with van der Waals surface area (Å²) in [6.07, 6.45) is 2.34. The molecule has 1 heterocycles. The van der Waals surface area contributed by atoms with Gasteiger partial charge in [-0.05, 0) is 38.0 Å². The van der Waals surface area contributed by atoms with Crippen LogP contribution in [0.4, 0.5) is 0 Å². The van der Waals surface area contributed by atoms with Crippen LogP contribution in [0.5, 0.6) is 5.75 Å². The summed E-state index contributed by atoms with van der Waals surface area (Å²) < 4.78 is 6.97. The van der Waals surface area contributed by atoms with E-state index in [1.807, 2.05) is 24.3 Å². The van der Waals surface area contributed by atoms with Gasteiger partial charge in [-0.25, -0.2) is 0 Å². The summed E-state index contributed by atoms with van der Waals surface area (Å²) in [5.41, 5.74) is 0.242. The molecule has 1 aromatic rings. The normalized spacial score (nSPS) is 26.8. The Bertz CT molecular complexity index is 454. The van der Waals surface area contributed by atoms with Gasteiger partial charge in [-0.1, -0.05) is 35.8 Å². The number of halogens is 1. The third-order valence-electron chi connectivity index (χ3n) is 4.66. The van der Waals surface area contributed by atoms with Crippen LogP contribution >= 0.6 is 15.9 Å². The van der Waals surface area contributed by atoms with Crippen LogP contribution in [0.3, 0.4) is 0 Å². The van der Waals surface area contributed by atoms with Crippen molar-refractivity contribution >= 4 is 15.9 Å². The summed E-state index contributed by atoms with van der Waals surface area (Å²) in [6, 6.07) is 8.66. The van der Waals surface area contributed by atoms with Crippen LogP contribution < -0.4 is 10.1 Å². The van der Waals surface area contributed by atoms with Gasteiger partial charge in [0, 0.05) is 35.7 Å². The summed E-state index contributed by atoms with van der Waals surface area (Å²) in [6.45, 7) is 10.8. The van der Waals surface area contributed by atoms with Crippen molar-refractivity contribution in [3.8, 4) is 5.75 Å². The van der Waals surface area contributed by atoms with Gasteiger partial charge in [0.25, 0.3) is 0 Å². The quantitative estimate of drug-likeness (QED) is 0.843. The Labute approximate surface area is 137 Å². The molecule has 0 aromatic heterocycles. The minimum atomic E-state index is 0.242. The number of rotatable bonds is 6. The van der Waals surface area contributed by atoms with Gasteiger partial charge in [0.05, 0.1) is 0 Å². The van der Waals surface area contributed by atoms with Crippen molar-refractivity contribution in [3.05, 3.63) is 28.7 Å². The fraction of sp³-hybridized carbons (Fsp3) is 0.647. The number of ether oxygens (including phenoxy) is 1. The molecule has 0 aliphatic carbocycles. The van der Waals surface area contributed by atoms with Crippen LogP contribution in [0.25, 0.3) is 0 Å². The number of nitrogens with one attached hydrogen (secondary N) is 1. The molecular formula is C17H27BrN2O. The van der Waals surface area contributed by atoms with Crippen molar-refractivity contribution in [2.75, 3.05) is 26.2 Å². The zero-order valence-electron chi connectivity index (χ0n) is 13.4. The predicted octanol–water partition coefficient (Wildman–Crippen LogP) is 3.68. The molecule has 1 fully saturated rings. The Morgan fingerprint density at radius 3 is 2.90 bits per heavy atom. The first-order valence-electron chi connectivity index (χ1n) is 7.94. The van der Waals surface area contributed by atoms with E-state index in [1.165, 1.54) is 6.42 Å². The highest BCUT2D eigenvalue weighted by molar-refractivity contribution is 9.10. The zero-order chi connectivity index (χ0) is 15.3. The van der Waals surface area contributed by atoms with Crippen LogP contribution in [0.1, 0.15) is 33.6 Å². The highest BCUT2D eigenvalue weighted by atomic mass is 79.9. The van der Waals surface area contributed by atoms with E-state index in [2.05, 4.69) is 46.9 Å². The van der Waals surface area contributed by atoms with Crippen LogP contribution in [-0.4, -0.2) is 42.7 Å². The maximum Gasteiger partial charge on any atom is 0.120 e. The summed E-state index contributed by atoms with van der Waals surface area (Å²) in [5, 5.41) is 3.67. The maximum absolute atomic E-state index is 5.90. The lowest BCUT2D eigenvalue weighted by molar-refractivity contribution is 0.0367. The minimum Gasteiger partial charge on any atom is -0.492 e. The topological polar surface area (TPSA) is 24.5 Å². The van der Waals surface area contributed by atoms with Gasteiger partial charge in [0.15, 0.2) is 0 Å². The molecule has 1 aromatic carbocycles. The number of hydrogen-bond donors (Lipinski definition) is 1. The van der Waals surface area contributed by atoms with E-state index >= 15 is 0 Å². The average Bonchev–Trinajstić information content (AvgIpc) is 2.49. The van der Waals surface area contributed by atoms with Gasteiger partial charge in [0.2, 0.25) is 0 Å². The molecule has 4 heteroatoms. The molecule has 118 valence electrons. The molecule has 1 N–H and O–H groups in total. The van der Waals surface area contributed by atoms with E-state index in [9.17, 15) is 0 Å². The van der Waals surface area contributed by atoms with Crippen LogP contribution in [0.15, 0.2) is 28.7 Å². The smallest absolute Gasteiger partial charge is 0.120 e. The average molecular weight is 355 g/mol. The van der Waals surface area contributed by atoms with E-state index in [0.29, 0.717) is 6.04 Å². The standard InChI is InChI=1S/C17H27BrN2O/c1-4-15-12-20(17(3,5-2)13-19-15)9-10-21-16-8-6-7-14(18)11-16/h6-8,11,15,19H,4-5,9-10,12-13H2,1-3H3. The molecule has 2 rings (SSSR count). The molecule has 0 saturated carbocycles. The van der Waals surface area contributed by atoms with Crippen LogP contribution in [0.2, 0.25) is 0 Å². The van der Waals surface area contributed by atoms with Gasteiger partial charge in [0.1, 0.15) is 12.4 Å². The Morgan fingerprint density at radius 2 is 2.24 bits per heavy atom. The van der Waals surface area contributed by atoms with Gasteiger partial charge in [-0.15, -0.1) is 0 Å². The monoisotopic (exact) mass is 354 g/mol. The Balaban J connectivity index is 1.89. The lowest BCUT2D eigenvalue weighted by atomic mass is 9.91. The van der Waals surface area contributed by atoms with Gasteiger partial charge in [-0.2, -0.15) is 0 Å². The molecule has 3 nitrogen and oxygen atoms in total. The second kappa shape index (κ2) is 7.61. The first-order valence-corrected chi connectivity index (χ1v) is 8.73. The van der Waals surface area contributed by atoms with E-state index in [0.717, 1.165) is 42.9 Å². The number of benzene rings is 1. The molecular weight excluding hydrogens is 328 g/mol. The van der Waals surface area contributed by atoms with Gasteiger partial charge in [-0.3, -0.25) is 4.90 Å². The molecule has 0 amide bonds. The van der Waals surface area contributed by atoms with Crippen molar-refractivity contribution in [2.45, 2.75) is 45.2 Å². The van der Waals surface area contributed by atoms with Crippen LogP contribution in [0, 0.1) is 0 Å². The van der Waals surface area contributed by atoms with E-state index < -0.39 is 0 Å². The second-order valence-corrected chi connectivity index (χ2v) is 7.00. The molecule has 1 aliphatic rings. The van der Waals surface area contributed by atoms with Crippen molar-refractivity contribution in [1.29, 1.82) is 0 Å². The number of hydrogen-bond acceptors (Lipinski definition) is 3. The Morgan fingerprint density at radius 1 is 1.43 bits per heavy atom. The third-order valence-corrected chi connectivity index (χ3v) is 5.15. The summed E-state index contributed by atoms with van der Waals surface area (Å²) in [7, 11) is 0. The fourth-order valence-electron chi connectivity index (χ4n) is 2.84. The van der Waals surface area contributed by atoms with E-state index in [-0.39, 0.29) is 5.54 Å². The van der Waals surface area contributed by atoms with Crippen molar-refractivity contribution in [2.24, 2.45) is 0 Å². The van der Waals surface area contributed by atoms with Crippen molar-refractivity contribution in [1.82, 2.24) is 10.2 Å². The fourth-order valence-corrected chi connectivity index (χ4v) is 3.22. The largest absolute Gasteiger partial charge is 0.492 e. The lowest BCUT2D eigenvalue weighted by Crippen LogP contribution is -2.63. The summed E-state index contributed by atoms with van der Waals surface area (Å²) >= 11 is 3.48. The SMILES string of the molecule is CCC1CN(CCOc2cccc(Br)c2)C(C)(CC)CN1. The Kier molecular flexibility index (Phi) is 6.08. The van der Waals surface area contributed by atoms with Crippen molar-refractivity contribution in [3.63, 3.8) is 0 Å². The minimum absolute atomic E-state index is 0.242. The lowest BCUT2D eigenvalue weighted by Gasteiger charge is -2.47. The highest BCUT2D eigenvalue weighted by Crippen LogP contribution is 2.24. The molecule has 2 atom stereocenters. The van der Waals surface area contributed by atoms with E-state index in [4.69, 9.17) is 4.74 Å². The zero-order valence-corrected chi connectivity index (χ0v) is 14.9. The van der Waals surface area contributed by atoms with Crippen LogP contribution in [-0.2, 0) is 0 Å². The highest BCUT2D eigenvalue weighted by Gasteiger charge is 2.35. The Hall–Kier alpha value is -0.580. The maximum atomic E-state index is 5.90.